The van der Waals surface area contributed by atoms with Crippen molar-refractivity contribution in [3.05, 3.63) is 22.4 Å². The molecule has 0 aliphatic heterocycles. The van der Waals surface area contributed by atoms with Gasteiger partial charge in [0, 0.05) is 0 Å². The van der Waals surface area contributed by atoms with Crippen LogP contribution >= 0.6 is 11.3 Å². The normalized spacial score (nSPS) is 13.2. The van der Waals surface area contributed by atoms with Crippen LogP contribution in [0.4, 0.5) is 0 Å². The number of hydrogen-bond acceptors (Lipinski definition) is 5. The van der Waals surface area contributed by atoms with Gasteiger partial charge >= 0.3 is 15.2 Å². The lowest BCUT2D eigenvalue weighted by Gasteiger charge is -2.15. The fourth-order valence-corrected chi connectivity index (χ4v) is 1.99. The van der Waals surface area contributed by atoms with Crippen LogP contribution in [0.15, 0.2) is 17.5 Å². The molecule has 0 aliphatic rings. The Morgan fingerprint density at radius 2 is 2.00 bits per heavy atom. The van der Waals surface area contributed by atoms with Crippen molar-refractivity contribution >= 4 is 21.5 Å². The summed E-state index contributed by atoms with van der Waals surface area (Å²) in [6, 6.07) is 2.63. The first-order chi connectivity index (χ1) is 5.36. The molecule has 0 atom stereocenters. The minimum Gasteiger partial charge on any atom is -0.347 e. The molecular weight excluding hydrogens is 204 g/mol. The van der Waals surface area contributed by atoms with Crippen molar-refractivity contribution in [1.29, 1.82) is 0 Å². The van der Waals surface area contributed by atoms with Crippen LogP contribution in [0.1, 0.15) is 4.88 Å². The average molecular weight is 210 g/mol. The predicted molar refractivity (Wildman–Crippen MR) is 42.0 cm³/mol. The average Bonchev–Trinajstić information content (AvgIpc) is 2.34. The predicted octanol–water partition coefficient (Wildman–Crippen LogP) is -0.269. The zero-order valence-electron chi connectivity index (χ0n) is 5.71. The molecule has 1 heterocycles. The van der Waals surface area contributed by atoms with Crippen molar-refractivity contribution in [3.63, 3.8) is 0 Å². The van der Waals surface area contributed by atoms with Gasteiger partial charge in [-0.3, -0.25) is 4.55 Å². The molecule has 0 unspecified atom stereocenters. The summed E-state index contributed by atoms with van der Waals surface area (Å²) in [6.07, 6.45) is 0. The van der Waals surface area contributed by atoms with Crippen molar-refractivity contribution in [3.8, 4) is 0 Å². The standard InChI is InChI=1S/C5H6O5S2/c6-5(7,12(8,9)10)4-2-1-3-11-4/h1-3,6-7H,(H,8,9,10). The third-order valence-corrected chi connectivity index (χ3v) is 3.24. The van der Waals surface area contributed by atoms with Crippen molar-refractivity contribution in [1.82, 2.24) is 0 Å². The Labute approximate surface area is 72.7 Å². The number of rotatable bonds is 2. The quantitative estimate of drug-likeness (QED) is 0.461. The molecule has 1 rings (SSSR count). The van der Waals surface area contributed by atoms with Crippen molar-refractivity contribution in [2.24, 2.45) is 0 Å². The molecule has 1 aromatic heterocycles. The molecule has 0 aromatic carbocycles. The van der Waals surface area contributed by atoms with E-state index in [2.05, 4.69) is 0 Å². The third kappa shape index (κ3) is 1.50. The van der Waals surface area contributed by atoms with Crippen LogP contribution in [0.3, 0.4) is 0 Å². The molecule has 0 bridgehead atoms. The summed E-state index contributed by atoms with van der Waals surface area (Å²) in [5.41, 5.74) is 0. The molecule has 5 nitrogen and oxygen atoms in total. The summed E-state index contributed by atoms with van der Waals surface area (Å²) >= 11 is 0.818. The summed E-state index contributed by atoms with van der Waals surface area (Å²) in [4.78, 5) is -0.245. The zero-order chi connectivity index (χ0) is 9.41. The smallest absolute Gasteiger partial charge is 0.331 e. The molecule has 0 amide bonds. The Morgan fingerprint density at radius 1 is 1.42 bits per heavy atom. The Morgan fingerprint density at radius 3 is 2.33 bits per heavy atom. The van der Waals surface area contributed by atoms with E-state index in [4.69, 9.17) is 14.8 Å². The second-order valence-electron chi connectivity index (χ2n) is 2.06. The Kier molecular flexibility index (Phi) is 2.23. The molecule has 0 spiro atoms. The van der Waals surface area contributed by atoms with E-state index in [0.29, 0.717) is 0 Å². The molecule has 0 fully saturated rings. The maximum atomic E-state index is 10.4. The van der Waals surface area contributed by atoms with Crippen LogP contribution in [0.5, 0.6) is 0 Å². The zero-order valence-corrected chi connectivity index (χ0v) is 7.34. The highest BCUT2D eigenvalue weighted by Gasteiger charge is 2.41. The van der Waals surface area contributed by atoms with Gasteiger partial charge < -0.3 is 10.2 Å². The van der Waals surface area contributed by atoms with Gasteiger partial charge in [-0.15, -0.1) is 11.3 Å². The van der Waals surface area contributed by atoms with E-state index in [1.807, 2.05) is 0 Å². The van der Waals surface area contributed by atoms with Crippen LogP contribution in [0.25, 0.3) is 0 Å². The molecule has 68 valence electrons. The number of thiophene rings is 1. The van der Waals surface area contributed by atoms with Crippen molar-refractivity contribution < 1.29 is 23.2 Å². The second-order valence-corrected chi connectivity index (χ2v) is 4.53. The van der Waals surface area contributed by atoms with E-state index in [1.165, 1.54) is 17.5 Å². The topological polar surface area (TPSA) is 94.8 Å². The summed E-state index contributed by atoms with van der Waals surface area (Å²) in [6.45, 7) is 0. The van der Waals surface area contributed by atoms with E-state index < -0.39 is 15.2 Å². The largest absolute Gasteiger partial charge is 0.347 e. The van der Waals surface area contributed by atoms with Crippen LogP contribution in [-0.2, 0) is 15.2 Å². The third-order valence-electron chi connectivity index (χ3n) is 1.20. The highest BCUT2D eigenvalue weighted by atomic mass is 32.2. The van der Waals surface area contributed by atoms with E-state index in [0.717, 1.165) is 11.3 Å². The maximum absolute atomic E-state index is 10.4. The lowest BCUT2D eigenvalue weighted by atomic mass is 10.4. The Balaban J connectivity index is 3.20. The van der Waals surface area contributed by atoms with E-state index in [9.17, 15) is 8.42 Å². The maximum Gasteiger partial charge on any atom is 0.331 e. The monoisotopic (exact) mass is 210 g/mol. The van der Waals surface area contributed by atoms with Gasteiger partial charge in [-0.1, -0.05) is 6.07 Å². The molecular formula is C5H6O5S2. The first-order valence-electron chi connectivity index (χ1n) is 2.81. The van der Waals surface area contributed by atoms with Crippen LogP contribution < -0.4 is 0 Å². The summed E-state index contributed by atoms with van der Waals surface area (Å²) in [5, 5.41) is 16.1. The lowest BCUT2D eigenvalue weighted by Crippen LogP contribution is -2.33. The minimum atomic E-state index is -4.90. The van der Waals surface area contributed by atoms with Gasteiger partial charge in [0.15, 0.2) is 0 Å². The highest BCUT2D eigenvalue weighted by Crippen LogP contribution is 2.27. The van der Waals surface area contributed by atoms with Crippen LogP contribution in [0, 0.1) is 0 Å². The molecule has 12 heavy (non-hydrogen) atoms. The van der Waals surface area contributed by atoms with E-state index in [-0.39, 0.29) is 4.88 Å². The number of aliphatic hydroxyl groups is 2. The molecule has 0 aliphatic carbocycles. The summed E-state index contributed by atoms with van der Waals surface area (Å²) in [7, 11) is -4.90. The fourth-order valence-electron chi connectivity index (χ4n) is 0.591. The van der Waals surface area contributed by atoms with Crippen molar-refractivity contribution in [2.45, 2.75) is 5.12 Å². The lowest BCUT2D eigenvalue weighted by molar-refractivity contribution is -0.0942. The Bertz CT molecular complexity index is 349. The van der Waals surface area contributed by atoms with Gasteiger partial charge in [-0.05, 0) is 11.4 Å². The van der Waals surface area contributed by atoms with E-state index in [1.54, 1.807) is 0 Å². The molecule has 7 heteroatoms. The molecule has 3 N–H and O–H groups in total. The fraction of sp³-hybridized carbons (Fsp3) is 0.200. The van der Waals surface area contributed by atoms with E-state index >= 15 is 0 Å². The second kappa shape index (κ2) is 2.79. The van der Waals surface area contributed by atoms with Crippen LogP contribution in [0.2, 0.25) is 0 Å². The number of hydrogen-bond donors (Lipinski definition) is 3. The Hall–Kier alpha value is -0.470. The van der Waals surface area contributed by atoms with Crippen molar-refractivity contribution in [2.75, 3.05) is 0 Å². The highest BCUT2D eigenvalue weighted by molar-refractivity contribution is 7.86. The molecule has 0 saturated heterocycles. The summed E-state index contributed by atoms with van der Waals surface area (Å²) in [5.74, 6) is 0. The van der Waals surface area contributed by atoms with Gasteiger partial charge in [-0.25, -0.2) is 0 Å². The molecule has 0 saturated carbocycles. The van der Waals surface area contributed by atoms with Gasteiger partial charge in [0.25, 0.3) is 0 Å². The first-order valence-corrected chi connectivity index (χ1v) is 5.13. The van der Waals surface area contributed by atoms with Gasteiger partial charge in [-0.2, -0.15) is 8.42 Å². The molecule has 1 aromatic rings. The molecule has 0 radical (unpaired) electrons. The SMILES string of the molecule is O=S(=O)(O)C(O)(O)c1cccs1. The van der Waals surface area contributed by atoms with Crippen LogP contribution in [-0.4, -0.2) is 23.2 Å². The first kappa shape index (κ1) is 9.62. The van der Waals surface area contributed by atoms with Gasteiger partial charge in [0.1, 0.15) is 0 Å². The minimum absolute atomic E-state index is 0.245. The van der Waals surface area contributed by atoms with Gasteiger partial charge in [0.2, 0.25) is 0 Å². The summed E-state index contributed by atoms with van der Waals surface area (Å²) < 4.78 is 29.2. The van der Waals surface area contributed by atoms with Gasteiger partial charge in [0.05, 0.1) is 4.88 Å².